The molecule has 0 saturated carbocycles. The maximum Gasteiger partial charge on any atom is 0.375 e. The average Bonchev–Trinajstić information content (AvgIpc) is 2.59. The number of alkyl halides is 2. The van der Waals surface area contributed by atoms with E-state index in [1.165, 1.54) is 6.92 Å². The van der Waals surface area contributed by atoms with Gasteiger partial charge in [-0.15, -0.1) is 0 Å². The van der Waals surface area contributed by atoms with Gasteiger partial charge in [-0.3, -0.25) is 4.79 Å². The Labute approximate surface area is 153 Å². The van der Waals surface area contributed by atoms with Crippen molar-refractivity contribution in [2.75, 3.05) is 13.2 Å². The molecule has 0 aromatic heterocycles. The number of aliphatic hydroxyl groups excluding tert-OH is 3. The van der Waals surface area contributed by atoms with Crippen LogP contribution in [0.15, 0.2) is 4.99 Å². The first-order chi connectivity index (χ1) is 12.5. The summed E-state index contributed by atoms with van der Waals surface area (Å²) < 4.78 is 39.3. The fraction of sp³-hybridized carbons (Fsp3) is 0.786. The maximum atomic E-state index is 15.1. The van der Waals surface area contributed by atoms with Gasteiger partial charge in [0, 0.05) is 6.92 Å². The fourth-order valence-electron chi connectivity index (χ4n) is 2.65. The number of carbonyl (C=O) groups is 2. The van der Waals surface area contributed by atoms with Gasteiger partial charge in [-0.1, -0.05) is 0 Å². The number of nitrogens with zero attached hydrogens (tertiary/aromatic N) is 1. The monoisotopic (exact) mass is 398 g/mol. The summed E-state index contributed by atoms with van der Waals surface area (Å²) in [5, 5.41) is 31.0. The molecule has 0 radical (unpaired) electrons. The van der Waals surface area contributed by atoms with E-state index in [1.54, 1.807) is 0 Å². The van der Waals surface area contributed by atoms with E-state index < -0.39 is 66.9 Å². The van der Waals surface area contributed by atoms with E-state index >= 15 is 4.39 Å². The second-order valence-electron chi connectivity index (χ2n) is 5.86. The van der Waals surface area contributed by atoms with E-state index in [9.17, 15) is 24.2 Å². The highest BCUT2D eigenvalue weighted by atomic mass is 19.2. The molecule has 0 bridgehead atoms. The second kappa shape index (κ2) is 9.21. The fourth-order valence-corrected chi connectivity index (χ4v) is 2.65. The number of carbonyl (C=O) groups excluding carboxylic acids is 2. The molecule has 13 heteroatoms. The van der Waals surface area contributed by atoms with Crippen molar-refractivity contribution in [1.82, 2.24) is 5.32 Å². The first kappa shape index (κ1) is 23.0. The Morgan fingerprint density at radius 1 is 1.41 bits per heavy atom. The van der Waals surface area contributed by atoms with Crippen molar-refractivity contribution >= 4 is 17.8 Å². The lowest BCUT2D eigenvalue weighted by Gasteiger charge is -2.46. The zero-order chi connectivity index (χ0) is 20.9. The first-order valence-corrected chi connectivity index (χ1v) is 8.00. The minimum Gasteiger partial charge on any atom is -0.462 e. The van der Waals surface area contributed by atoms with Gasteiger partial charge in [0.25, 0.3) is 0 Å². The largest absolute Gasteiger partial charge is 0.462 e. The SMILES string of the molecule is CCOC(=O)[C@]1(F)OC([C@H](O)[C@H](O)CO)[C@H](NC(C)=O)C(N=C(N)N)[C@@H]1F. The summed E-state index contributed by atoms with van der Waals surface area (Å²) in [5.74, 6) is -6.92. The molecule has 11 nitrogen and oxygen atoms in total. The third-order valence-electron chi connectivity index (χ3n) is 3.82. The molecule has 0 aromatic carbocycles. The van der Waals surface area contributed by atoms with Crippen LogP contribution in [0.2, 0.25) is 0 Å². The molecular weight excluding hydrogens is 374 g/mol. The predicted octanol–water partition coefficient (Wildman–Crippen LogP) is -3.19. The molecule has 1 heterocycles. The molecule has 7 atom stereocenters. The Morgan fingerprint density at radius 3 is 2.44 bits per heavy atom. The van der Waals surface area contributed by atoms with Crippen molar-refractivity contribution in [2.45, 2.75) is 56.3 Å². The molecule has 2 unspecified atom stereocenters. The quantitative estimate of drug-likeness (QED) is 0.146. The number of guanidine groups is 1. The minimum absolute atomic E-state index is 0.310. The van der Waals surface area contributed by atoms with E-state index in [1.807, 2.05) is 0 Å². The number of halogens is 2. The molecule has 1 rings (SSSR count). The van der Waals surface area contributed by atoms with Crippen molar-refractivity contribution in [3.63, 3.8) is 0 Å². The van der Waals surface area contributed by atoms with Crippen LogP contribution in [-0.2, 0) is 19.1 Å². The number of amides is 1. The summed E-state index contributed by atoms with van der Waals surface area (Å²) in [5.41, 5.74) is 10.5. The van der Waals surface area contributed by atoms with E-state index in [2.05, 4.69) is 15.0 Å². The molecule has 0 aliphatic carbocycles. The minimum atomic E-state index is -3.74. The van der Waals surface area contributed by atoms with Crippen molar-refractivity contribution in [3.8, 4) is 0 Å². The molecule has 1 fully saturated rings. The van der Waals surface area contributed by atoms with Gasteiger partial charge in [0.15, 0.2) is 12.1 Å². The van der Waals surface area contributed by atoms with Crippen LogP contribution in [-0.4, -0.2) is 88.8 Å². The number of rotatable bonds is 7. The Morgan fingerprint density at radius 2 is 2.00 bits per heavy atom. The van der Waals surface area contributed by atoms with Gasteiger partial charge in [0.2, 0.25) is 5.91 Å². The standard InChI is InChI=1S/C14H24F2N4O7/c1-3-26-12(25)14(16)11(15)8(20-13(17)18)7(19-5(2)22)10(27-14)9(24)6(23)4-21/h6-11,21,23-24H,3-4H2,1-2H3,(H,19,22)(H4,17,18,20)/t6-,7-,8?,9-,10?,11+,14-/m1/s1. The maximum absolute atomic E-state index is 15.1. The average molecular weight is 398 g/mol. The molecule has 156 valence electrons. The highest BCUT2D eigenvalue weighted by Gasteiger charge is 2.63. The molecule has 0 spiro atoms. The number of ether oxygens (including phenoxy) is 2. The lowest BCUT2D eigenvalue weighted by molar-refractivity contribution is -0.278. The normalized spacial score (nSPS) is 32.9. The van der Waals surface area contributed by atoms with E-state index in [0.29, 0.717) is 0 Å². The summed E-state index contributed by atoms with van der Waals surface area (Å²) in [6, 6.07) is -3.50. The van der Waals surface area contributed by atoms with Crippen LogP contribution >= 0.6 is 0 Å². The Kier molecular flexibility index (Phi) is 7.83. The van der Waals surface area contributed by atoms with Gasteiger partial charge in [-0.2, -0.15) is 4.39 Å². The molecule has 0 aromatic rings. The molecule has 8 N–H and O–H groups in total. The summed E-state index contributed by atoms with van der Waals surface area (Å²) in [7, 11) is 0. The van der Waals surface area contributed by atoms with Crippen LogP contribution in [0.1, 0.15) is 13.8 Å². The van der Waals surface area contributed by atoms with Gasteiger partial charge in [-0.25, -0.2) is 14.2 Å². The number of nitrogens with one attached hydrogen (secondary N) is 1. The smallest absolute Gasteiger partial charge is 0.375 e. The Bertz CT molecular complexity index is 578. The van der Waals surface area contributed by atoms with Crippen LogP contribution in [0.4, 0.5) is 8.78 Å². The molecule has 27 heavy (non-hydrogen) atoms. The van der Waals surface area contributed by atoms with Crippen molar-refractivity contribution in [2.24, 2.45) is 16.5 Å². The van der Waals surface area contributed by atoms with E-state index in [0.717, 1.165) is 6.92 Å². The molecule has 1 amide bonds. The number of nitrogens with two attached hydrogens (primary N) is 2. The van der Waals surface area contributed by atoms with Gasteiger partial charge >= 0.3 is 11.8 Å². The predicted molar refractivity (Wildman–Crippen MR) is 86.5 cm³/mol. The van der Waals surface area contributed by atoms with Gasteiger partial charge < -0.3 is 41.6 Å². The second-order valence-corrected chi connectivity index (χ2v) is 5.86. The Balaban J connectivity index is 3.47. The van der Waals surface area contributed by atoms with E-state index in [4.69, 9.17) is 21.3 Å². The van der Waals surface area contributed by atoms with Gasteiger partial charge in [0.05, 0.1) is 19.3 Å². The zero-order valence-corrected chi connectivity index (χ0v) is 14.7. The van der Waals surface area contributed by atoms with Crippen LogP contribution < -0.4 is 16.8 Å². The topological polar surface area (TPSA) is 190 Å². The molecular formula is C14H24F2N4O7. The number of aliphatic hydroxyl groups is 3. The summed E-state index contributed by atoms with van der Waals surface area (Å²) >= 11 is 0. The zero-order valence-electron chi connectivity index (χ0n) is 14.7. The highest BCUT2D eigenvalue weighted by Crippen LogP contribution is 2.38. The van der Waals surface area contributed by atoms with Crippen LogP contribution in [0, 0.1) is 0 Å². The highest BCUT2D eigenvalue weighted by molar-refractivity contribution is 5.80. The summed E-state index contributed by atoms with van der Waals surface area (Å²) in [6.07, 6.45) is -8.65. The van der Waals surface area contributed by atoms with Crippen molar-refractivity contribution < 1.29 is 43.2 Å². The van der Waals surface area contributed by atoms with Gasteiger partial charge in [-0.05, 0) is 6.92 Å². The molecule has 1 saturated heterocycles. The van der Waals surface area contributed by atoms with Crippen LogP contribution in [0.25, 0.3) is 0 Å². The summed E-state index contributed by atoms with van der Waals surface area (Å²) in [6.45, 7) is 1.09. The number of esters is 1. The van der Waals surface area contributed by atoms with E-state index in [-0.39, 0.29) is 6.61 Å². The number of hydrogen-bond acceptors (Lipinski definition) is 8. The van der Waals surface area contributed by atoms with Gasteiger partial charge in [0.1, 0.15) is 24.4 Å². The third-order valence-corrected chi connectivity index (χ3v) is 3.82. The van der Waals surface area contributed by atoms with Crippen molar-refractivity contribution in [1.29, 1.82) is 0 Å². The number of aliphatic imine (C=N–C) groups is 1. The van der Waals surface area contributed by atoms with Crippen molar-refractivity contribution in [3.05, 3.63) is 0 Å². The Hall–Kier alpha value is -2.09. The summed E-state index contributed by atoms with van der Waals surface area (Å²) in [4.78, 5) is 26.9. The first-order valence-electron chi connectivity index (χ1n) is 8.00. The molecule has 1 aliphatic heterocycles. The third kappa shape index (κ3) is 5.00. The molecule has 1 aliphatic rings. The number of hydrogen-bond donors (Lipinski definition) is 6. The van der Waals surface area contributed by atoms with Crippen LogP contribution in [0.5, 0.6) is 0 Å². The lowest BCUT2D eigenvalue weighted by Crippen LogP contribution is -2.71. The van der Waals surface area contributed by atoms with Crippen LogP contribution in [0.3, 0.4) is 0 Å². The lowest BCUT2D eigenvalue weighted by atomic mass is 9.86.